The number of likely N-dealkylation sites (tertiary alicyclic amines) is 1. The van der Waals surface area contributed by atoms with E-state index in [9.17, 15) is 4.79 Å². The van der Waals surface area contributed by atoms with Gasteiger partial charge in [-0.05, 0) is 50.2 Å². The van der Waals surface area contributed by atoms with Crippen molar-refractivity contribution in [2.45, 2.75) is 22.6 Å². The smallest absolute Gasteiger partial charge is 0.419 e. The molecule has 0 radical (unpaired) electrons. The minimum atomic E-state index is -0.297. The van der Waals surface area contributed by atoms with Crippen LogP contribution in [0.5, 0.6) is 0 Å². The number of fused-ring (bicyclic) bond motifs is 2. The van der Waals surface area contributed by atoms with Gasteiger partial charge in [0, 0.05) is 16.3 Å². The number of rotatable bonds is 3. The van der Waals surface area contributed by atoms with E-state index in [0.717, 1.165) is 40.8 Å². The number of ether oxygens (including phenoxy) is 1. The maximum Gasteiger partial charge on any atom is 0.419 e. The van der Waals surface area contributed by atoms with E-state index in [1.54, 1.807) is 16.7 Å². The van der Waals surface area contributed by atoms with Gasteiger partial charge in [-0.1, -0.05) is 36.0 Å². The molecular formula is C19H21ClN2O2S. The van der Waals surface area contributed by atoms with Crippen molar-refractivity contribution in [2.24, 2.45) is 0 Å². The first-order chi connectivity index (χ1) is 11.8. The molecule has 2 aliphatic heterocycles. The molecular weight excluding hydrogens is 356 g/mol. The first-order valence-electron chi connectivity index (χ1n) is 8.38. The summed E-state index contributed by atoms with van der Waals surface area (Å²) in [6.07, 6.45) is 2.20. The SMILES string of the molecule is Cl.O=C(OCCN1CCCC1)N1c2ccccc2Sc2ccccc21. The van der Waals surface area contributed by atoms with Crippen molar-refractivity contribution in [3.63, 3.8) is 0 Å². The number of hydrogen-bond acceptors (Lipinski definition) is 4. The van der Waals surface area contributed by atoms with Crippen molar-refractivity contribution >= 4 is 41.6 Å². The molecule has 0 bridgehead atoms. The minimum Gasteiger partial charge on any atom is -0.448 e. The van der Waals surface area contributed by atoms with Gasteiger partial charge in [0.1, 0.15) is 6.61 Å². The van der Waals surface area contributed by atoms with Gasteiger partial charge in [0.05, 0.1) is 11.4 Å². The monoisotopic (exact) mass is 376 g/mol. The average Bonchev–Trinajstić information content (AvgIpc) is 3.13. The Morgan fingerprint density at radius 3 is 2.12 bits per heavy atom. The molecule has 6 heteroatoms. The van der Waals surface area contributed by atoms with E-state index in [1.807, 2.05) is 48.5 Å². The predicted molar refractivity (Wildman–Crippen MR) is 103 cm³/mol. The molecule has 132 valence electrons. The van der Waals surface area contributed by atoms with Crippen LogP contribution in [0.3, 0.4) is 0 Å². The Bertz CT molecular complexity index is 704. The fourth-order valence-electron chi connectivity index (χ4n) is 3.23. The number of para-hydroxylation sites is 2. The second kappa shape index (κ2) is 8.13. The van der Waals surface area contributed by atoms with E-state index >= 15 is 0 Å². The number of anilines is 2. The highest BCUT2D eigenvalue weighted by molar-refractivity contribution is 7.99. The fourth-order valence-corrected chi connectivity index (χ4v) is 4.29. The molecule has 4 rings (SSSR count). The molecule has 25 heavy (non-hydrogen) atoms. The maximum atomic E-state index is 12.8. The highest BCUT2D eigenvalue weighted by Crippen LogP contribution is 2.47. The summed E-state index contributed by atoms with van der Waals surface area (Å²) in [4.78, 5) is 19.0. The number of benzene rings is 2. The lowest BCUT2D eigenvalue weighted by atomic mass is 10.2. The van der Waals surface area contributed by atoms with E-state index in [1.165, 1.54) is 12.8 Å². The predicted octanol–water partition coefficient (Wildman–Crippen LogP) is 4.94. The molecule has 0 aromatic heterocycles. The molecule has 0 saturated carbocycles. The molecule has 0 spiro atoms. The van der Waals surface area contributed by atoms with Crippen LogP contribution in [0, 0.1) is 0 Å². The number of carbonyl (C=O) groups is 1. The van der Waals surface area contributed by atoms with Crippen molar-refractivity contribution in [3.8, 4) is 0 Å². The summed E-state index contributed by atoms with van der Waals surface area (Å²) in [5.41, 5.74) is 1.79. The zero-order valence-corrected chi connectivity index (χ0v) is 15.5. The highest BCUT2D eigenvalue weighted by Gasteiger charge is 2.29. The molecule has 1 amide bonds. The van der Waals surface area contributed by atoms with Crippen molar-refractivity contribution in [1.29, 1.82) is 0 Å². The van der Waals surface area contributed by atoms with E-state index in [0.29, 0.717) is 6.61 Å². The number of nitrogens with zero attached hydrogens (tertiary/aromatic N) is 2. The average molecular weight is 377 g/mol. The summed E-state index contributed by atoms with van der Waals surface area (Å²) >= 11 is 1.69. The van der Waals surface area contributed by atoms with Gasteiger partial charge in [0.25, 0.3) is 0 Å². The maximum absolute atomic E-state index is 12.8. The van der Waals surface area contributed by atoms with E-state index in [2.05, 4.69) is 4.90 Å². The summed E-state index contributed by atoms with van der Waals surface area (Å²) in [5, 5.41) is 0. The second-order valence-corrected chi connectivity index (χ2v) is 7.12. The normalized spacial score (nSPS) is 15.9. The summed E-state index contributed by atoms with van der Waals surface area (Å²) in [7, 11) is 0. The number of carbonyl (C=O) groups excluding carboxylic acids is 1. The van der Waals surface area contributed by atoms with Gasteiger partial charge in [-0.25, -0.2) is 9.69 Å². The molecule has 2 aromatic rings. The summed E-state index contributed by atoms with van der Waals surface area (Å²) in [6, 6.07) is 15.9. The minimum absolute atomic E-state index is 0. The van der Waals surface area contributed by atoms with Crippen LogP contribution in [0.1, 0.15) is 12.8 Å². The van der Waals surface area contributed by atoms with E-state index in [4.69, 9.17) is 4.74 Å². The lowest BCUT2D eigenvalue weighted by Crippen LogP contribution is -2.32. The van der Waals surface area contributed by atoms with Crippen LogP contribution < -0.4 is 4.90 Å². The number of amides is 1. The van der Waals surface area contributed by atoms with Crippen LogP contribution >= 0.6 is 24.2 Å². The molecule has 0 N–H and O–H groups in total. The van der Waals surface area contributed by atoms with Crippen LogP contribution in [0.25, 0.3) is 0 Å². The van der Waals surface area contributed by atoms with Crippen LogP contribution in [0.2, 0.25) is 0 Å². The van der Waals surface area contributed by atoms with Crippen molar-refractivity contribution in [3.05, 3.63) is 48.5 Å². The summed E-state index contributed by atoms with van der Waals surface area (Å²) in [5.74, 6) is 0. The fraction of sp³-hybridized carbons (Fsp3) is 0.316. The van der Waals surface area contributed by atoms with E-state index in [-0.39, 0.29) is 18.5 Å². The Morgan fingerprint density at radius 1 is 0.960 bits per heavy atom. The topological polar surface area (TPSA) is 32.8 Å². The van der Waals surface area contributed by atoms with Crippen LogP contribution in [0.4, 0.5) is 16.2 Å². The Morgan fingerprint density at radius 2 is 1.52 bits per heavy atom. The van der Waals surface area contributed by atoms with Gasteiger partial charge in [-0.3, -0.25) is 4.90 Å². The van der Waals surface area contributed by atoms with Crippen LogP contribution in [-0.4, -0.2) is 37.2 Å². The number of hydrogen-bond donors (Lipinski definition) is 0. The lowest BCUT2D eigenvalue weighted by molar-refractivity contribution is 0.141. The standard InChI is InChI=1S/C19H20N2O2S.ClH/c22-19(23-14-13-20-11-5-6-12-20)21-15-7-1-3-9-17(15)24-18-10-4-2-8-16(18)21;/h1-4,7-10H,5-6,11-14H2;1H. The van der Waals surface area contributed by atoms with Crippen molar-refractivity contribution in [1.82, 2.24) is 4.90 Å². The summed E-state index contributed by atoms with van der Waals surface area (Å²) in [6.45, 7) is 3.48. The quantitative estimate of drug-likeness (QED) is 0.759. The molecule has 0 unspecified atom stereocenters. The third kappa shape index (κ3) is 3.78. The molecule has 0 aliphatic carbocycles. The number of halogens is 1. The molecule has 1 fully saturated rings. The third-order valence-electron chi connectivity index (χ3n) is 4.45. The molecule has 4 nitrogen and oxygen atoms in total. The molecule has 2 aliphatic rings. The van der Waals surface area contributed by atoms with Gasteiger partial charge < -0.3 is 4.74 Å². The Labute approximate surface area is 158 Å². The van der Waals surface area contributed by atoms with Crippen molar-refractivity contribution < 1.29 is 9.53 Å². The van der Waals surface area contributed by atoms with Crippen LogP contribution in [-0.2, 0) is 4.74 Å². The van der Waals surface area contributed by atoms with Crippen LogP contribution in [0.15, 0.2) is 58.3 Å². The molecule has 2 aromatic carbocycles. The largest absolute Gasteiger partial charge is 0.448 e. The van der Waals surface area contributed by atoms with Gasteiger partial charge >= 0.3 is 6.09 Å². The molecule has 1 saturated heterocycles. The first-order valence-corrected chi connectivity index (χ1v) is 9.20. The van der Waals surface area contributed by atoms with Gasteiger partial charge in [-0.15, -0.1) is 12.4 Å². The molecule has 0 atom stereocenters. The Hall–Kier alpha value is -1.69. The second-order valence-electron chi connectivity index (χ2n) is 6.04. The van der Waals surface area contributed by atoms with Gasteiger partial charge in [0.2, 0.25) is 0 Å². The van der Waals surface area contributed by atoms with E-state index < -0.39 is 0 Å². The Kier molecular flexibility index (Phi) is 5.89. The zero-order chi connectivity index (χ0) is 16.4. The zero-order valence-electron chi connectivity index (χ0n) is 13.9. The summed E-state index contributed by atoms with van der Waals surface area (Å²) < 4.78 is 5.59. The Balaban J connectivity index is 0.00000182. The third-order valence-corrected chi connectivity index (χ3v) is 5.58. The molecule has 2 heterocycles. The highest BCUT2D eigenvalue weighted by atomic mass is 35.5. The lowest BCUT2D eigenvalue weighted by Gasteiger charge is -2.30. The first kappa shape index (κ1) is 18.1. The van der Waals surface area contributed by atoms with Crippen molar-refractivity contribution in [2.75, 3.05) is 31.1 Å². The van der Waals surface area contributed by atoms with Gasteiger partial charge in [-0.2, -0.15) is 0 Å². The van der Waals surface area contributed by atoms with Gasteiger partial charge in [0.15, 0.2) is 0 Å².